The van der Waals surface area contributed by atoms with Crippen molar-refractivity contribution in [2.75, 3.05) is 14.1 Å². The van der Waals surface area contributed by atoms with Crippen LogP contribution in [0.25, 0.3) is 0 Å². The lowest BCUT2D eigenvalue weighted by molar-refractivity contribution is 0.221. The van der Waals surface area contributed by atoms with E-state index in [1.165, 1.54) is 11.1 Å². The van der Waals surface area contributed by atoms with Gasteiger partial charge in [-0.3, -0.25) is 0 Å². The van der Waals surface area contributed by atoms with Crippen molar-refractivity contribution in [3.63, 3.8) is 0 Å². The maximum Gasteiger partial charge on any atom is 0.204 e. The largest absolute Gasteiger partial charge is 0.319 e. The molecule has 3 aromatic rings. The first-order chi connectivity index (χ1) is 14.0. The molecule has 3 atom stereocenters. The fraction of sp³-hybridized carbons (Fsp3) is 0.250. The Hall–Kier alpha value is -1.81. The quantitative estimate of drug-likeness (QED) is 0.445. The van der Waals surface area contributed by atoms with Gasteiger partial charge in [0, 0.05) is 0 Å². The van der Waals surface area contributed by atoms with Crippen LogP contribution in [-0.4, -0.2) is 23.4 Å². The topological polar surface area (TPSA) is 15.7 Å². The van der Waals surface area contributed by atoms with Crippen molar-refractivity contribution in [3.05, 3.63) is 108 Å². The molecule has 0 saturated carbocycles. The third-order valence-electron chi connectivity index (χ3n) is 5.75. The molecule has 1 saturated heterocycles. The molecule has 4 rings (SSSR count). The van der Waals surface area contributed by atoms with Crippen molar-refractivity contribution in [1.29, 1.82) is 0 Å². The fourth-order valence-corrected chi connectivity index (χ4v) is 7.60. The first-order valence-electron chi connectivity index (χ1n) is 9.92. The molecule has 1 aliphatic heterocycles. The van der Waals surface area contributed by atoms with Crippen LogP contribution in [0.2, 0.25) is 0 Å². The second-order valence-corrected chi connectivity index (χ2v) is 11.4. The summed E-state index contributed by atoms with van der Waals surface area (Å²) in [6.45, 7) is -0.321. The lowest BCUT2D eigenvalue weighted by atomic mass is 9.93. The maximum absolute atomic E-state index is 6.69. The van der Waals surface area contributed by atoms with Crippen LogP contribution in [0.4, 0.5) is 0 Å². The highest BCUT2D eigenvalue weighted by Crippen LogP contribution is 2.70. The van der Waals surface area contributed by atoms with Crippen LogP contribution in [0.5, 0.6) is 0 Å². The average molecular weight is 423 g/mol. The lowest BCUT2D eigenvalue weighted by Crippen LogP contribution is -2.20. The summed E-state index contributed by atoms with van der Waals surface area (Å²) in [7, 11) is 4.24. The molecule has 0 N–H and O–H groups in total. The molecule has 1 fully saturated rings. The molecule has 0 bridgehead atoms. The van der Waals surface area contributed by atoms with Crippen LogP contribution in [0.15, 0.2) is 91.0 Å². The predicted octanol–water partition coefficient (Wildman–Crippen LogP) is 6.35. The molecular formula is C24H27N2OPS. The third kappa shape index (κ3) is 3.84. The van der Waals surface area contributed by atoms with E-state index in [2.05, 4.69) is 103 Å². The van der Waals surface area contributed by atoms with Gasteiger partial charge in [0.1, 0.15) is 0 Å². The zero-order valence-electron chi connectivity index (χ0n) is 17.1. The highest BCUT2D eigenvalue weighted by Gasteiger charge is 2.50. The van der Waals surface area contributed by atoms with E-state index in [1.54, 1.807) is 0 Å². The second-order valence-electron chi connectivity index (χ2n) is 7.51. The van der Waals surface area contributed by atoms with Crippen LogP contribution in [0, 0.1) is 0 Å². The zero-order chi connectivity index (χ0) is 20.4. The zero-order valence-corrected chi connectivity index (χ0v) is 18.8. The Labute approximate surface area is 179 Å². The standard InChI is InChI=1S/C24H27N2OPS/c1-19(20-13-7-4-8-14-20)27-28(29)25(2)23(21-15-9-5-10-16-21)24(26(28)3)22-17-11-6-12-18-22/h4-19,23-24H,1-3H3/t19-,23-,24-/m1/s1. The Morgan fingerprint density at radius 3 is 1.52 bits per heavy atom. The molecule has 0 amide bonds. The van der Waals surface area contributed by atoms with Crippen LogP contribution < -0.4 is 0 Å². The number of hydrogen-bond donors (Lipinski definition) is 0. The van der Waals surface area contributed by atoms with Crippen molar-refractivity contribution in [1.82, 2.24) is 9.34 Å². The molecule has 0 radical (unpaired) electrons. The van der Waals surface area contributed by atoms with E-state index in [0.717, 1.165) is 5.56 Å². The SMILES string of the molecule is C[C@@H](OP1(=S)N(C)[C@H](c2ccccc2)[C@@H](c2ccccc2)N1C)c1ccccc1. The third-order valence-corrected chi connectivity index (χ3v) is 10.2. The van der Waals surface area contributed by atoms with Gasteiger partial charge in [0.25, 0.3) is 0 Å². The minimum atomic E-state index is -2.42. The molecule has 5 heteroatoms. The van der Waals surface area contributed by atoms with E-state index in [0.29, 0.717) is 0 Å². The van der Waals surface area contributed by atoms with E-state index < -0.39 is 6.57 Å². The lowest BCUT2D eigenvalue weighted by Gasteiger charge is -2.33. The summed E-state index contributed by atoms with van der Waals surface area (Å²) < 4.78 is 11.3. The maximum atomic E-state index is 6.69. The highest BCUT2D eigenvalue weighted by molar-refractivity contribution is 8.10. The summed E-state index contributed by atoms with van der Waals surface area (Å²) in [5.41, 5.74) is 3.68. The summed E-state index contributed by atoms with van der Waals surface area (Å²) >= 11 is 6.28. The van der Waals surface area contributed by atoms with Crippen molar-refractivity contribution in [3.8, 4) is 0 Å². The normalized spacial score (nSPS) is 23.1. The van der Waals surface area contributed by atoms with Gasteiger partial charge in [0.15, 0.2) is 0 Å². The van der Waals surface area contributed by atoms with Crippen molar-refractivity contribution < 1.29 is 4.52 Å². The van der Waals surface area contributed by atoms with Crippen molar-refractivity contribution >= 4 is 18.4 Å². The van der Waals surface area contributed by atoms with E-state index in [4.69, 9.17) is 16.3 Å². The predicted molar refractivity (Wildman–Crippen MR) is 124 cm³/mol. The first-order valence-corrected chi connectivity index (χ1v) is 12.5. The fourth-order valence-electron chi connectivity index (χ4n) is 4.18. The minimum absolute atomic E-state index is 0.0714. The molecule has 0 unspecified atom stereocenters. The summed E-state index contributed by atoms with van der Waals surface area (Å²) in [6.07, 6.45) is -0.0714. The molecule has 1 aliphatic rings. The number of nitrogens with zero attached hydrogens (tertiary/aromatic N) is 2. The van der Waals surface area contributed by atoms with E-state index in [9.17, 15) is 0 Å². The van der Waals surface area contributed by atoms with Gasteiger partial charge in [0.05, 0.1) is 18.2 Å². The molecule has 29 heavy (non-hydrogen) atoms. The van der Waals surface area contributed by atoms with Gasteiger partial charge in [-0.2, -0.15) is 0 Å². The molecule has 3 nitrogen and oxygen atoms in total. The van der Waals surface area contributed by atoms with Crippen LogP contribution in [0.3, 0.4) is 0 Å². The van der Waals surface area contributed by atoms with Crippen LogP contribution >= 0.6 is 6.57 Å². The first kappa shape index (κ1) is 20.5. The average Bonchev–Trinajstić information content (AvgIpc) is 2.96. The van der Waals surface area contributed by atoms with Gasteiger partial charge >= 0.3 is 0 Å². The van der Waals surface area contributed by atoms with Gasteiger partial charge < -0.3 is 4.52 Å². The summed E-state index contributed by atoms with van der Waals surface area (Å²) in [6, 6.07) is 31.9. The number of likely N-dealkylation sites (N-methyl/N-ethyl adjacent to an activating group) is 2. The summed E-state index contributed by atoms with van der Waals surface area (Å²) in [4.78, 5) is 0. The Balaban J connectivity index is 1.75. The molecule has 3 aromatic carbocycles. The van der Waals surface area contributed by atoms with E-state index >= 15 is 0 Å². The van der Waals surface area contributed by atoms with Gasteiger partial charge in [-0.1, -0.05) is 91.0 Å². The Kier molecular flexibility index (Phi) is 6.00. The molecule has 0 aromatic heterocycles. The second kappa shape index (κ2) is 8.51. The Morgan fingerprint density at radius 2 is 1.10 bits per heavy atom. The summed E-state index contributed by atoms with van der Waals surface area (Å²) in [5.74, 6) is 0. The highest BCUT2D eigenvalue weighted by atomic mass is 32.5. The molecule has 0 aliphatic carbocycles. The van der Waals surface area contributed by atoms with Crippen LogP contribution in [0.1, 0.15) is 41.8 Å². The Morgan fingerprint density at radius 1 is 0.724 bits per heavy atom. The molecular weight excluding hydrogens is 395 g/mol. The van der Waals surface area contributed by atoms with Gasteiger partial charge in [-0.25, -0.2) is 9.34 Å². The minimum Gasteiger partial charge on any atom is -0.319 e. The number of hydrogen-bond acceptors (Lipinski definition) is 2. The molecule has 1 heterocycles. The van der Waals surface area contributed by atoms with Crippen molar-refractivity contribution in [2.24, 2.45) is 0 Å². The van der Waals surface area contributed by atoms with Crippen LogP contribution in [-0.2, 0) is 16.3 Å². The Bertz CT molecular complexity index is 928. The van der Waals surface area contributed by atoms with E-state index in [1.807, 2.05) is 18.2 Å². The van der Waals surface area contributed by atoms with E-state index in [-0.39, 0.29) is 18.2 Å². The van der Waals surface area contributed by atoms with Gasteiger partial charge in [-0.05, 0) is 49.5 Å². The van der Waals surface area contributed by atoms with Crippen molar-refractivity contribution in [2.45, 2.75) is 25.1 Å². The number of rotatable bonds is 5. The molecule has 0 spiro atoms. The monoisotopic (exact) mass is 422 g/mol. The van der Waals surface area contributed by atoms with Gasteiger partial charge in [0.2, 0.25) is 6.57 Å². The smallest absolute Gasteiger partial charge is 0.204 e. The number of benzene rings is 3. The molecule has 150 valence electrons. The summed E-state index contributed by atoms with van der Waals surface area (Å²) in [5, 5.41) is 0. The van der Waals surface area contributed by atoms with Gasteiger partial charge in [-0.15, -0.1) is 0 Å².